The van der Waals surface area contributed by atoms with Crippen molar-refractivity contribution in [2.75, 3.05) is 6.54 Å². The number of nitrogens with zero attached hydrogens (tertiary/aromatic N) is 1. The zero-order chi connectivity index (χ0) is 21.6. The lowest BCUT2D eigenvalue weighted by Crippen LogP contribution is -2.31. The SMILES string of the molecule is CCCCCCCCCCN(Cc1ccccc1)C(=O)CCc1ccc(O)c(O)c1. The van der Waals surface area contributed by atoms with E-state index in [9.17, 15) is 15.0 Å². The average molecular weight is 412 g/mol. The van der Waals surface area contributed by atoms with Crippen LogP contribution in [0, 0.1) is 0 Å². The van der Waals surface area contributed by atoms with E-state index in [1.165, 1.54) is 50.7 Å². The zero-order valence-corrected chi connectivity index (χ0v) is 18.4. The van der Waals surface area contributed by atoms with Gasteiger partial charge in [0.15, 0.2) is 11.5 Å². The van der Waals surface area contributed by atoms with Crippen molar-refractivity contribution in [2.24, 2.45) is 0 Å². The van der Waals surface area contributed by atoms with Crippen molar-refractivity contribution >= 4 is 5.91 Å². The third kappa shape index (κ3) is 8.89. The van der Waals surface area contributed by atoms with Crippen molar-refractivity contribution in [3.8, 4) is 11.5 Å². The maximum absolute atomic E-state index is 12.9. The molecule has 0 radical (unpaired) electrons. The Morgan fingerprint density at radius 2 is 1.47 bits per heavy atom. The van der Waals surface area contributed by atoms with Gasteiger partial charge < -0.3 is 15.1 Å². The highest BCUT2D eigenvalue weighted by Crippen LogP contribution is 2.25. The highest BCUT2D eigenvalue weighted by atomic mass is 16.3. The van der Waals surface area contributed by atoms with E-state index in [4.69, 9.17) is 0 Å². The van der Waals surface area contributed by atoms with E-state index in [-0.39, 0.29) is 17.4 Å². The monoisotopic (exact) mass is 411 g/mol. The topological polar surface area (TPSA) is 60.8 Å². The molecule has 4 heteroatoms. The normalized spacial score (nSPS) is 10.8. The average Bonchev–Trinajstić information content (AvgIpc) is 2.76. The first kappa shape index (κ1) is 23.8. The quantitative estimate of drug-likeness (QED) is 0.287. The minimum atomic E-state index is -0.139. The fourth-order valence-corrected chi connectivity index (χ4v) is 3.67. The van der Waals surface area contributed by atoms with Crippen molar-refractivity contribution < 1.29 is 15.0 Å². The largest absolute Gasteiger partial charge is 0.504 e. The predicted octanol–water partition coefficient (Wildman–Crippen LogP) is 6.20. The van der Waals surface area contributed by atoms with Gasteiger partial charge in [-0.05, 0) is 36.1 Å². The first-order valence-electron chi connectivity index (χ1n) is 11.4. The highest BCUT2D eigenvalue weighted by Gasteiger charge is 2.14. The number of carbonyl (C=O) groups excluding carboxylic acids is 1. The van der Waals surface area contributed by atoms with Gasteiger partial charge in [0.1, 0.15) is 0 Å². The summed E-state index contributed by atoms with van der Waals surface area (Å²) in [4.78, 5) is 14.9. The molecule has 0 atom stereocenters. The number of aryl methyl sites for hydroxylation is 1. The third-order valence-corrected chi connectivity index (χ3v) is 5.52. The number of benzene rings is 2. The number of amides is 1. The summed E-state index contributed by atoms with van der Waals surface area (Å²) >= 11 is 0. The second-order valence-corrected chi connectivity index (χ2v) is 8.10. The van der Waals surface area contributed by atoms with Gasteiger partial charge in [-0.15, -0.1) is 0 Å². The molecule has 0 aliphatic heterocycles. The van der Waals surface area contributed by atoms with Crippen LogP contribution in [-0.2, 0) is 17.8 Å². The van der Waals surface area contributed by atoms with Gasteiger partial charge in [0.2, 0.25) is 5.91 Å². The molecule has 0 saturated carbocycles. The highest BCUT2D eigenvalue weighted by molar-refractivity contribution is 5.76. The van der Waals surface area contributed by atoms with Crippen molar-refractivity contribution in [2.45, 2.75) is 77.7 Å². The standard InChI is InChI=1S/C26H37NO3/c1-2-3-4-5-6-7-8-12-19-27(21-23-13-10-9-11-14-23)26(30)18-16-22-15-17-24(28)25(29)20-22/h9-11,13-15,17,20,28-29H,2-8,12,16,18-19,21H2,1H3. The molecule has 2 aromatic carbocycles. The molecule has 164 valence electrons. The van der Waals surface area contributed by atoms with Gasteiger partial charge in [0, 0.05) is 19.5 Å². The molecule has 0 fully saturated rings. The number of hydrogen-bond donors (Lipinski definition) is 2. The minimum absolute atomic E-state index is 0.134. The lowest BCUT2D eigenvalue weighted by atomic mass is 10.1. The molecule has 2 rings (SSSR count). The van der Waals surface area contributed by atoms with E-state index in [2.05, 4.69) is 19.1 Å². The lowest BCUT2D eigenvalue weighted by Gasteiger charge is -2.23. The maximum atomic E-state index is 12.9. The number of carbonyl (C=O) groups is 1. The molecule has 2 aromatic rings. The van der Waals surface area contributed by atoms with E-state index in [1.807, 2.05) is 23.1 Å². The smallest absolute Gasteiger partial charge is 0.223 e. The number of unbranched alkanes of at least 4 members (excludes halogenated alkanes) is 7. The van der Waals surface area contributed by atoms with E-state index in [0.717, 1.165) is 30.5 Å². The van der Waals surface area contributed by atoms with Gasteiger partial charge >= 0.3 is 0 Å². The van der Waals surface area contributed by atoms with Crippen molar-refractivity contribution in [3.05, 3.63) is 59.7 Å². The van der Waals surface area contributed by atoms with Crippen LogP contribution in [0.1, 0.15) is 75.8 Å². The fourth-order valence-electron chi connectivity index (χ4n) is 3.67. The minimum Gasteiger partial charge on any atom is -0.504 e. The number of phenolic OH excluding ortho intramolecular Hbond substituents is 2. The Hall–Kier alpha value is -2.49. The van der Waals surface area contributed by atoms with E-state index >= 15 is 0 Å². The Morgan fingerprint density at radius 3 is 2.13 bits per heavy atom. The number of phenols is 2. The van der Waals surface area contributed by atoms with Gasteiger partial charge in [0.05, 0.1) is 0 Å². The van der Waals surface area contributed by atoms with Crippen molar-refractivity contribution in [1.82, 2.24) is 4.90 Å². The fraction of sp³-hybridized carbons (Fsp3) is 0.500. The van der Waals surface area contributed by atoms with Crippen LogP contribution in [0.2, 0.25) is 0 Å². The van der Waals surface area contributed by atoms with Crippen LogP contribution in [0.5, 0.6) is 11.5 Å². The summed E-state index contributed by atoms with van der Waals surface area (Å²) in [6.45, 7) is 3.66. The molecule has 0 aliphatic rings. The molecule has 0 saturated heterocycles. The Kier molecular flexibility index (Phi) is 10.8. The number of aromatic hydroxyl groups is 2. The molecular weight excluding hydrogens is 374 g/mol. The molecule has 0 aliphatic carbocycles. The van der Waals surface area contributed by atoms with E-state index in [0.29, 0.717) is 19.4 Å². The Labute approximate surface area is 181 Å². The third-order valence-electron chi connectivity index (χ3n) is 5.52. The zero-order valence-electron chi connectivity index (χ0n) is 18.4. The van der Waals surface area contributed by atoms with Crippen LogP contribution in [0.3, 0.4) is 0 Å². The van der Waals surface area contributed by atoms with Gasteiger partial charge in [-0.3, -0.25) is 4.79 Å². The molecule has 0 heterocycles. The first-order valence-corrected chi connectivity index (χ1v) is 11.4. The van der Waals surface area contributed by atoms with Gasteiger partial charge in [-0.25, -0.2) is 0 Å². The van der Waals surface area contributed by atoms with Crippen LogP contribution in [0.4, 0.5) is 0 Å². The summed E-state index contributed by atoms with van der Waals surface area (Å²) < 4.78 is 0. The van der Waals surface area contributed by atoms with Crippen molar-refractivity contribution in [1.29, 1.82) is 0 Å². The summed E-state index contributed by atoms with van der Waals surface area (Å²) in [6, 6.07) is 14.9. The Bertz CT molecular complexity index is 745. The second kappa shape index (κ2) is 13.7. The van der Waals surface area contributed by atoms with Gasteiger partial charge in [0.25, 0.3) is 0 Å². The summed E-state index contributed by atoms with van der Waals surface area (Å²) in [5.41, 5.74) is 2.00. The summed E-state index contributed by atoms with van der Waals surface area (Å²) in [5.74, 6) is -0.139. The number of hydrogen-bond acceptors (Lipinski definition) is 3. The van der Waals surface area contributed by atoms with Crippen LogP contribution in [0.25, 0.3) is 0 Å². The van der Waals surface area contributed by atoms with Crippen molar-refractivity contribution in [3.63, 3.8) is 0 Å². The molecule has 0 aromatic heterocycles. The molecule has 0 unspecified atom stereocenters. The second-order valence-electron chi connectivity index (χ2n) is 8.10. The molecule has 1 amide bonds. The Balaban J connectivity index is 1.83. The number of rotatable bonds is 14. The van der Waals surface area contributed by atoms with Crippen LogP contribution in [-0.4, -0.2) is 27.6 Å². The summed E-state index contributed by atoms with van der Waals surface area (Å²) in [6.07, 6.45) is 10.9. The van der Waals surface area contributed by atoms with Gasteiger partial charge in [-0.2, -0.15) is 0 Å². The molecule has 30 heavy (non-hydrogen) atoms. The molecule has 2 N–H and O–H groups in total. The van der Waals surface area contributed by atoms with Gasteiger partial charge in [-0.1, -0.05) is 88.3 Å². The molecule has 0 spiro atoms. The van der Waals surface area contributed by atoms with E-state index < -0.39 is 0 Å². The Morgan fingerprint density at radius 1 is 0.800 bits per heavy atom. The predicted molar refractivity (Wildman–Crippen MR) is 123 cm³/mol. The van der Waals surface area contributed by atoms with E-state index in [1.54, 1.807) is 6.07 Å². The van der Waals surface area contributed by atoms with Crippen LogP contribution < -0.4 is 0 Å². The molecule has 4 nitrogen and oxygen atoms in total. The maximum Gasteiger partial charge on any atom is 0.223 e. The first-order chi connectivity index (χ1) is 14.6. The molecular formula is C26H37NO3. The summed E-state index contributed by atoms with van der Waals surface area (Å²) in [7, 11) is 0. The molecule has 0 bridgehead atoms. The lowest BCUT2D eigenvalue weighted by molar-refractivity contribution is -0.131. The summed E-state index contributed by atoms with van der Waals surface area (Å²) in [5, 5.41) is 19.1. The van der Waals surface area contributed by atoms with Crippen LogP contribution in [0.15, 0.2) is 48.5 Å². The van der Waals surface area contributed by atoms with Crippen LogP contribution >= 0.6 is 0 Å².